The fourth-order valence-electron chi connectivity index (χ4n) is 2.29. The Kier molecular flexibility index (Phi) is 3.10. The molecule has 0 bridgehead atoms. The lowest BCUT2D eigenvalue weighted by molar-refractivity contribution is 0.0697. The normalized spacial score (nSPS) is 10.8. The Balaban J connectivity index is 2.37. The van der Waals surface area contributed by atoms with Crippen LogP contribution in [0.1, 0.15) is 10.4 Å². The summed E-state index contributed by atoms with van der Waals surface area (Å²) < 4.78 is 27.8. The molecule has 3 aromatic rings. The minimum absolute atomic E-state index is 0.0600. The predicted octanol–water partition coefficient (Wildman–Crippen LogP) is 3.88. The van der Waals surface area contributed by atoms with Gasteiger partial charge in [-0.25, -0.2) is 13.6 Å². The zero-order valence-electron chi connectivity index (χ0n) is 10.7. The van der Waals surface area contributed by atoms with E-state index in [4.69, 9.17) is 5.11 Å². The summed E-state index contributed by atoms with van der Waals surface area (Å²) in [6.07, 6.45) is 1.86. The van der Waals surface area contributed by atoms with Crippen molar-refractivity contribution in [2.24, 2.45) is 0 Å². The summed E-state index contributed by atoms with van der Waals surface area (Å²) in [7, 11) is 0. The zero-order chi connectivity index (χ0) is 15.0. The SMILES string of the molecule is O=C(O)c1ccc2cccc(-c3c(F)cncc3F)c2c1. The van der Waals surface area contributed by atoms with Crippen LogP contribution in [0.4, 0.5) is 8.78 Å². The number of rotatable bonds is 2. The maximum atomic E-state index is 13.9. The van der Waals surface area contributed by atoms with Gasteiger partial charge in [-0.05, 0) is 28.5 Å². The van der Waals surface area contributed by atoms with Gasteiger partial charge in [0, 0.05) is 0 Å². The van der Waals surface area contributed by atoms with Crippen LogP contribution in [0.2, 0.25) is 0 Å². The number of carboxylic acid groups (broad SMARTS) is 1. The third kappa shape index (κ3) is 2.23. The molecule has 1 aromatic heterocycles. The van der Waals surface area contributed by atoms with Crippen LogP contribution in [0.5, 0.6) is 0 Å². The molecule has 0 aliphatic rings. The summed E-state index contributed by atoms with van der Waals surface area (Å²) in [5.74, 6) is -2.67. The zero-order valence-corrected chi connectivity index (χ0v) is 10.7. The lowest BCUT2D eigenvalue weighted by atomic mass is 9.97. The highest BCUT2D eigenvalue weighted by atomic mass is 19.1. The minimum atomic E-state index is -1.10. The van der Waals surface area contributed by atoms with E-state index in [9.17, 15) is 13.6 Å². The van der Waals surface area contributed by atoms with Crippen molar-refractivity contribution in [3.05, 3.63) is 66.0 Å². The summed E-state index contributed by atoms with van der Waals surface area (Å²) in [4.78, 5) is 14.5. The number of hydrogen-bond acceptors (Lipinski definition) is 2. The molecule has 3 nitrogen and oxygen atoms in total. The Morgan fingerprint density at radius 1 is 1.05 bits per heavy atom. The molecule has 0 spiro atoms. The van der Waals surface area contributed by atoms with Crippen LogP contribution < -0.4 is 0 Å². The number of fused-ring (bicyclic) bond motifs is 1. The summed E-state index contributed by atoms with van der Waals surface area (Å²) in [6, 6.07) is 9.44. The van der Waals surface area contributed by atoms with Crippen LogP contribution in [-0.2, 0) is 0 Å². The maximum Gasteiger partial charge on any atom is 0.335 e. The van der Waals surface area contributed by atoms with Crippen LogP contribution in [0.15, 0.2) is 48.8 Å². The molecule has 0 radical (unpaired) electrons. The second kappa shape index (κ2) is 4.94. The van der Waals surface area contributed by atoms with Crippen LogP contribution in [0.3, 0.4) is 0 Å². The highest BCUT2D eigenvalue weighted by molar-refractivity contribution is 6.01. The van der Waals surface area contributed by atoms with E-state index in [1.54, 1.807) is 24.3 Å². The fraction of sp³-hybridized carbons (Fsp3) is 0. The molecular weight excluding hydrogens is 276 g/mol. The van der Waals surface area contributed by atoms with Gasteiger partial charge in [0.15, 0.2) is 11.6 Å². The minimum Gasteiger partial charge on any atom is -0.478 e. The number of pyridine rings is 1. The molecule has 1 heterocycles. The molecule has 1 N–H and O–H groups in total. The third-order valence-electron chi connectivity index (χ3n) is 3.25. The number of carboxylic acids is 1. The third-order valence-corrected chi connectivity index (χ3v) is 3.25. The second-order valence-corrected chi connectivity index (χ2v) is 4.52. The molecule has 0 unspecified atom stereocenters. The molecule has 3 rings (SSSR count). The van der Waals surface area contributed by atoms with Crippen molar-refractivity contribution in [2.45, 2.75) is 0 Å². The second-order valence-electron chi connectivity index (χ2n) is 4.52. The topological polar surface area (TPSA) is 50.2 Å². The monoisotopic (exact) mass is 285 g/mol. The van der Waals surface area contributed by atoms with E-state index in [1.165, 1.54) is 12.1 Å². The molecule has 0 aliphatic heterocycles. The summed E-state index contributed by atoms with van der Waals surface area (Å²) in [6.45, 7) is 0. The molecular formula is C16H9F2NO2. The van der Waals surface area contributed by atoms with Gasteiger partial charge in [-0.2, -0.15) is 0 Å². The van der Waals surface area contributed by atoms with E-state index in [2.05, 4.69) is 4.98 Å². The summed E-state index contributed by atoms with van der Waals surface area (Å²) in [5, 5.41) is 10.2. The van der Waals surface area contributed by atoms with Crippen molar-refractivity contribution in [3.63, 3.8) is 0 Å². The highest BCUT2D eigenvalue weighted by Crippen LogP contribution is 2.32. The first-order chi connectivity index (χ1) is 10.1. The van der Waals surface area contributed by atoms with Crippen LogP contribution >= 0.6 is 0 Å². The molecule has 2 aromatic carbocycles. The van der Waals surface area contributed by atoms with E-state index < -0.39 is 17.6 Å². The van der Waals surface area contributed by atoms with Crippen molar-refractivity contribution in [1.82, 2.24) is 4.98 Å². The fourth-order valence-corrected chi connectivity index (χ4v) is 2.29. The Bertz CT molecular complexity index is 842. The van der Waals surface area contributed by atoms with Crippen LogP contribution in [-0.4, -0.2) is 16.1 Å². The molecule has 0 saturated heterocycles. The number of halogens is 2. The molecule has 0 saturated carbocycles. The average Bonchev–Trinajstić information content (AvgIpc) is 2.46. The Morgan fingerprint density at radius 3 is 2.43 bits per heavy atom. The van der Waals surface area contributed by atoms with Gasteiger partial charge in [-0.3, -0.25) is 4.98 Å². The van der Waals surface area contributed by atoms with E-state index >= 15 is 0 Å². The van der Waals surface area contributed by atoms with Gasteiger partial charge in [0.25, 0.3) is 0 Å². The van der Waals surface area contributed by atoms with Crippen molar-refractivity contribution < 1.29 is 18.7 Å². The smallest absolute Gasteiger partial charge is 0.335 e. The van der Waals surface area contributed by atoms with Gasteiger partial charge in [-0.1, -0.05) is 24.3 Å². The first-order valence-electron chi connectivity index (χ1n) is 6.13. The first kappa shape index (κ1) is 13.2. The maximum absolute atomic E-state index is 13.9. The Labute approximate surface area is 118 Å². The van der Waals surface area contributed by atoms with E-state index in [0.29, 0.717) is 16.3 Å². The average molecular weight is 285 g/mol. The van der Waals surface area contributed by atoms with E-state index in [-0.39, 0.29) is 11.1 Å². The largest absolute Gasteiger partial charge is 0.478 e. The van der Waals surface area contributed by atoms with Crippen molar-refractivity contribution in [3.8, 4) is 11.1 Å². The molecule has 5 heteroatoms. The summed E-state index contributed by atoms with van der Waals surface area (Å²) in [5.41, 5.74) is 0.149. The van der Waals surface area contributed by atoms with Gasteiger partial charge >= 0.3 is 5.97 Å². The number of nitrogens with zero attached hydrogens (tertiary/aromatic N) is 1. The summed E-state index contributed by atoms with van der Waals surface area (Å²) >= 11 is 0. The molecule has 0 atom stereocenters. The van der Waals surface area contributed by atoms with E-state index in [0.717, 1.165) is 12.4 Å². The predicted molar refractivity (Wildman–Crippen MR) is 74.1 cm³/mol. The Morgan fingerprint density at radius 2 is 1.76 bits per heavy atom. The molecule has 0 fully saturated rings. The molecule has 0 aliphatic carbocycles. The van der Waals surface area contributed by atoms with Gasteiger partial charge in [0.2, 0.25) is 0 Å². The van der Waals surface area contributed by atoms with Crippen molar-refractivity contribution in [2.75, 3.05) is 0 Å². The number of aromatic carboxylic acids is 1. The van der Waals surface area contributed by atoms with Gasteiger partial charge in [0.05, 0.1) is 23.5 Å². The van der Waals surface area contributed by atoms with Gasteiger partial charge in [0.1, 0.15) is 0 Å². The van der Waals surface area contributed by atoms with Crippen LogP contribution in [0, 0.1) is 11.6 Å². The lowest BCUT2D eigenvalue weighted by Crippen LogP contribution is -1.97. The Hall–Kier alpha value is -2.82. The highest BCUT2D eigenvalue weighted by Gasteiger charge is 2.15. The number of carbonyl (C=O) groups is 1. The lowest BCUT2D eigenvalue weighted by Gasteiger charge is -2.09. The quantitative estimate of drug-likeness (QED) is 0.777. The number of aromatic nitrogens is 1. The van der Waals surface area contributed by atoms with Crippen molar-refractivity contribution >= 4 is 16.7 Å². The molecule has 104 valence electrons. The van der Waals surface area contributed by atoms with Gasteiger partial charge < -0.3 is 5.11 Å². The van der Waals surface area contributed by atoms with Gasteiger partial charge in [-0.15, -0.1) is 0 Å². The number of benzene rings is 2. The van der Waals surface area contributed by atoms with E-state index in [1.807, 2.05) is 0 Å². The first-order valence-corrected chi connectivity index (χ1v) is 6.13. The van der Waals surface area contributed by atoms with Crippen LogP contribution in [0.25, 0.3) is 21.9 Å². The van der Waals surface area contributed by atoms with Crippen molar-refractivity contribution in [1.29, 1.82) is 0 Å². The standard InChI is InChI=1S/C16H9F2NO2/c17-13-7-19-8-14(18)15(13)11-3-1-2-9-4-5-10(16(20)21)6-12(9)11/h1-8H,(H,20,21). The molecule has 21 heavy (non-hydrogen) atoms. The molecule has 0 amide bonds. The number of hydrogen-bond donors (Lipinski definition) is 1.